The van der Waals surface area contributed by atoms with Gasteiger partial charge in [0, 0.05) is 18.6 Å². The maximum atomic E-state index is 13.3. The zero-order chi connectivity index (χ0) is 26.0. The minimum Gasteiger partial charge on any atom is -0.494 e. The quantitative estimate of drug-likeness (QED) is 0.465. The number of rotatable bonds is 5. The number of ether oxygens (including phenoxy) is 1. The second-order valence-electron chi connectivity index (χ2n) is 11.5. The second-order valence-corrected chi connectivity index (χ2v) is 11.5. The number of aliphatic hydroxyl groups is 2. The number of piperidine rings is 1. The van der Waals surface area contributed by atoms with Crippen LogP contribution in [0.4, 0.5) is 4.79 Å². The summed E-state index contributed by atoms with van der Waals surface area (Å²) in [4.78, 5) is 36.2. The van der Waals surface area contributed by atoms with Gasteiger partial charge >= 0.3 is 6.09 Å². The number of alkyl carbamates (subject to hydrolysis) is 1. The van der Waals surface area contributed by atoms with Crippen LogP contribution in [-0.2, 0) is 9.53 Å². The Morgan fingerprint density at radius 1 is 1.17 bits per heavy atom. The van der Waals surface area contributed by atoms with Gasteiger partial charge in [0.2, 0.25) is 5.90 Å². The number of nitrogens with one attached hydrogen (secondary N) is 2. The van der Waals surface area contributed by atoms with Gasteiger partial charge in [0.05, 0.1) is 6.04 Å². The third-order valence-electron chi connectivity index (χ3n) is 7.38. The van der Waals surface area contributed by atoms with Gasteiger partial charge in [0.25, 0.3) is 5.91 Å². The minimum atomic E-state index is -1.57. The highest BCUT2D eigenvalue weighted by Crippen LogP contribution is 2.29. The van der Waals surface area contributed by atoms with Crippen LogP contribution >= 0.6 is 0 Å². The molecule has 2 amide bonds. The van der Waals surface area contributed by atoms with Crippen LogP contribution in [0.3, 0.4) is 0 Å². The highest BCUT2D eigenvalue weighted by molar-refractivity contribution is 6.06. The van der Waals surface area contributed by atoms with Gasteiger partial charge in [-0.3, -0.25) is 9.69 Å². The minimum absolute atomic E-state index is 0.0384. The van der Waals surface area contributed by atoms with Crippen LogP contribution in [0.25, 0.3) is 0 Å². The van der Waals surface area contributed by atoms with Gasteiger partial charge in [-0.1, -0.05) is 19.3 Å². The summed E-state index contributed by atoms with van der Waals surface area (Å²) < 4.78 is 5.35. The first-order valence-corrected chi connectivity index (χ1v) is 12.9. The van der Waals surface area contributed by atoms with Crippen molar-refractivity contribution in [2.75, 3.05) is 13.6 Å². The first-order valence-electron chi connectivity index (χ1n) is 12.9. The van der Waals surface area contributed by atoms with E-state index in [4.69, 9.17) is 4.74 Å². The number of carbonyl (C=O) groups is 2. The van der Waals surface area contributed by atoms with E-state index in [1.165, 1.54) is 6.42 Å². The molecule has 0 bridgehead atoms. The first-order chi connectivity index (χ1) is 16.3. The van der Waals surface area contributed by atoms with Crippen LogP contribution in [0.15, 0.2) is 9.98 Å². The molecule has 0 aromatic rings. The second kappa shape index (κ2) is 10.8. The summed E-state index contributed by atoms with van der Waals surface area (Å²) in [7, 11) is 1.89. The molecule has 0 radical (unpaired) electrons. The molecule has 2 heterocycles. The summed E-state index contributed by atoms with van der Waals surface area (Å²) in [6.45, 7) is 9.53. The predicted octanol–water partition coefficient (Wildman–Crippen LogP) is 2.55. The number of hydrogen-bond acceptors (Lipinski definition) is 7. The molecule has 0 aromatic carbocycles. The number of carbonyl (C=O) groups excluding carboxylic acids is 2. The Bertz CT molecular complexity index is 848. The van der Waals surface area contributed by atoms with Gasteiger partial charge < -0.3 is 25.6 Å². The van der Waals surface area contributed by atoms with Crippen LogP contribution in [0.2, 0.25) is 0 Å². The van der Waals surface area contributed by atoms with Crippen molar-refractivity contribution in [1.82, 2.24) is 15.5 Å². The summed E-state index contributed by atoms with van der Waals surface area (Å²) in [6, 6.07) is -0.405. The Morgan fingerprint density at radius 3 is 2.43 bits per heavy atom. The fraction of sp³-hybridized carbons (Fsp3) is 0.840. The number of nitrogens with zero attached hydrogens (tertiary/aromatic N) is 3. The van der Waals surface area contributed by atoms with Gasteiger partial charge in [-0.05, 0) is 73.3 Å². The van der Waals surface area contributed by atoms with E-state index in [9.17, 15) is 19.8 Å². The summed E-state index contributed by atoms with van der Waals surface area (Å²) in [5.74, 6) is -0.194. The highest BCUT2D eigenvalue weighted by Gasteiger charge is 2.48. The summed E-state index contributed by atoms with van der Waals surface area (Å²) >= 11 is 0. The van der Waals surface area contributed by atoms with E-state index >= 15 is 0 Å². The average molecular weight is 494 g/mol. The number of likely N-dealkylation sites (tertiary alicyclic amines) is 1. The van der Waals surface area contributed by atoms with Crippen molar-refractivity contribution in [3.63, 3.8) is 0 Å². The molecule has 1 saturated heterocycles. The number of aliphatic imine (C=N–C) groups is 2. The molecular formula is C25H43N5O5. The van der Waals surface area contributed by atoms with E-state index in [2.05, 4.69) is 20.6 Å². The third-order valence-corrected chi connectivity index (χ3v) is 7.38. The SMILES string of the molecule is C[C@@H](NC(=O)C1(C)N=C(C2CCC(NC(=O)OC(C)(C)C)CN2C)N=C(O)C1O)C1CCCCC1. The van der Waals surface area contributed by atoms with Gasteiger partial charge in [-0.15, -0.1) is 0 Å². The molecular weight excluding hydrogens is 450 g/mol. The van der Waals surface area contributed by atoms with Crippen molar-refractivity contribution in [1.29, 1.82) is 0 Å². The molecule has 1 saturated carbocycles. The fourth-order valence-electron chi connectivity index (χ4n) is 5.25. The Hall–Kier alpha value is -2.20. The van der Waals surface area contributed by atoms with E-state index in [1.807, 2.05) is 39.6 Å². The standard InChI is InChI=1S/C25H43N5O5/c1-15(16-10-8-7-9-11-16)26-22(33)25(5)19(31)21(32)28-20(29-25)18-13-12-17(14-30(18)6)27-23(34)35-24(2,3)4/h15-19,31H,7-14H2,1-6H3,(H,26,33)(H,27,34)(H,28,29,32)/t15-,17?,18?,19?,25?/m1/s1. The molecule has 4 N–H and O–H groups in total. The van der Waals surface area contributed by atoms with E-state index in [0.29, 0.717) is 31.1 Å². The molecule has 5 atom stereocenters. The number of hydrogen-bond donors (Lipinski definition) is 4. The van der Waals surface area contributed by atoms with Crippen molar-refractivity contribution >= 4 is 23.7 Å². The summed E-state index contributed by atoms with van der Waals surface area (Å²) in [5, 5.41) is 27.1. The Morgan fingerprint density at radius 2 is 1.83 bits per heavy atom. The lowest BCUT2D eigenvalue weighted by Gasteiger charge is -2.40. The van der Waals surface area contributed by atoms with Crippen LogP contribution in [0.5, 0.6) is 0 Å². The first kappa shape index (κ1) is 27.4. The molecule has 3 aliphatic rings. The van der Waals surface area contributed by atoms with E-state index < -0.39 is 35.1 Å². The van der Waals surface area contributed by atoms with Gasteiger partial charge in [0.1, 0.15) is 11.4 Å². The van der Waals surface area contributed by atoms with Crippen molar-refractivity contribution in [2.24, 2.45) is 15.9 Å². The summed E-state index contributed by atoms with van der Waals surface area (Å²) in [5.41, 5.74) is -2.15. The third kappa shape index (κ3) is 6.73. The number of amides is 2. The molecule has 3 rings (SSSR count). The maximum absolute atomic E-state index is 13.3. The maximum Gasteiger partial charge on any atom is 0.407 e. The summed E-state index contributed by atoms with van der Waals surface area (Å²) in [6.07, 6.45) is 5.01. The van der Waals surface area contributed by atoms with Crippen LogP contribution in [0.1, 0.15) is 79.6 Å². The monoisotopic (exact) mass is 493 g/mol. The Balaban J connectivity index is 1.68. The molecule has 2 fully saturated rings. The topological polar surface area (TPSA) is 136 Å². The van der Waals surface area contributed by atoms with E-state index in [-0.39, 0.29) is 18.1 Å². The zero-order valence-electron chi connectivity index (χ0n) is 22.0. The number of likely N-dealkylation sites (N-methyl/N-ethyl adjacent to an activating group) is 1. The molecule has 35 heavy (non-hydrogen) atoms. The molecule has 10 nitrogen and oxygen atoms in total. The largest absolute Gasteiger partial charge is 0.494 e. The van der Waals surface area contributed by atoms with Crippen LogP contribution in [0, 0.1) is 5.92 Å². The lowest BCUT2D eigenvalue weighted by atomic mass is 9.83. The molecule has 0 aromatic heterocycles. The number of amidine groups is 1. The van der Waals surface area contributed by atoms with Crippen molar-refractivity contribution in [3.8, 4) is 0 Å². The zero-order valence-corrected chi connectivity index (χ0v) is 22.0. The van der Waals surface area contributed by atoms with E-state index in [1.54, 1.807) is 6.92 Å². The van der Waals surface area contributed by atoms with Crippen molar-refractivity contribution < 1.29 is 24.5 Å². The van der Waals surface area contributed by atoms with Crippen LogP contribution < -0.4 is 10.6 Å². The fourth-order valence-corrected chi connectivity index (χ4v) is 5.25. The molecule has 4 unspecified atom stereocenters. The van der Waals surface area contributed by atoms with E-state index in [0.717, 1.165) is 25.7 Å². The van der Waals surface area contributed by atoms with Gasteiger partial charge in [-0.25, -0.2) is 9.79 Å². The van der Waals surface area contributed by atoms with Crippen molar-refractivity contribution in [2.45, 2.75) is 115 Å². The lowest BCUT2D eigenvalue weighted by Crippen LogP contribution is -2.60. The smallest absolute Gasteiger partial charge is 0.407 e. The number of aliphatic hydroxyl groups excluding tert-OH is 2. The van der Waals surface area contributed by atoms with Crippen molar-refractivity contribution in [3.05, 3.63) is 0 Å². The lowest BCUT2D eigenvalue weighted by molar-refractivity contribution is -0.129. The van der Waals surface area contributed by atoms with Gasteiger partial charge in [0.15, 0.2) is 11.6 Å². The normalized spacial score (nSPS) is 31.7. The highest BCUT2D eigenvalue weighted by atomic mass is 16.6. The predicted molar refractivity (Wildman–Crippen MR) is 135 cm³/mol. The van der Waals surface area contributed by atoms with Crippen LogP contribution in [-0.4, -0.2) is 87.8 Å². The van der Waals surface area contributed by atoms with Gasteiger partial charge in [-0.2, -0.15) is 4.99 Å². The molecule has 1 aliphatic carbocycles. The molecule has 198 valence electrons. The molecule has 10 heteroatoms. The molecule has 2 aliphatic heterocycles. The molecule has 0 spiro atoms. The Labute approximate surface area is 208 Å². The average Bonchev–Trinajstić information content (AvgIpc) is 2.76. The Kier molecular flexibility index (Phi) is 8.47.